The average molecular weight is 389 g/mol. The van der Waals surface area contributed by atoms with Gasteiger partial charge in [-0.05, 0) is 37.2 Å². The van der Waals surface area contributed by atoms with Crippen molar-refractivity contribution in [1.29, 1.82) is 5.26 Å². The van der Waals surface area contributed by atoms with Gasteiger partial charge >= 0.3 is 0 Å². The molecule has 0 amide bonds. The van der Waals surface area contributed by atoms with Gasteiger partial charge in [-0.15, -0.1) is 4.31 Å². The van der Waals surface area contributed by atoms with Gasteiger partial charge in [0.15, 0.2) is 4.90 Å². The second-order valence-corrected chi connectivity index (χ2v) is 10.4. The van der Waals surface area contributed by atoms with Crippen LogP contribution in [0.2, 0.25) is 0 Å². The number of benzene rings is 1. The first-order chi connectivity index (χ1) is 13.0. The van der Waals surface area contributed by atoms with Crippen molar-refractivity contribution in [3.8, 4) is 6.07 Å². The topological polar surface area (TPSA) is 62.6 Å². The molecule has 5 rings (SSSR count). The first kappa shape index (κ1) is 17.9. The van der Waals surface area contributed by atoms with Crippen molar-refractivity contribution in [2.75, 3.05) is 39.4 Å². The Kier molecular flexibility index (Phi) is 4.26. The quantitative estimate of drug-likeness (QED) is 0.743. The molecule has 1 aromatic rings. The van der Waals surface area contributed by atoms with E-state index in [0.717, 1.165) is 45.2 Å². The third-order valence-electron chi connectivity index (χ3n) is 6.97. The van der Waals surface area contributed by atoms with Crippen molar-refractivity contribution in [3.63, 3.8) is 0 Å². The van der Waals surface area contributed by atoms with Gasteiger partial charge in [-0.3, -0.25) is 4.90 Å². The molecule has 1 aromatic carbocycles. The van der Waals surface area contributed by atoms with E-state index in [1.165, 1.54) is 44.1 Å². The van der Waals surface area contributed by atoms with Crippen LogP contribution in [0.15, 0.2) is 23.1 Å². The standard InChI is InChI=1S/C20H24FN3O2S/c21-16-5-15(10-22)6-18(7-16)27(25)24-3-1-19(2-4-24)8-17(9-19)23-11-20(12-23)13-26-14-20/h5-7,17H,1-4,8-9,11-14H2. The molecule has 4 fully saturated rings. The maximum absolute atomic E-state index is 13.7. The minimum absolute atomic E-state index is 0.220. The predicted octanol–water partition coefficient (Wildman–Crippen LogP) is 2.30. The molecule has 1 saturated carbocycles. The number of hydrogen-bond donors (Lipinski definition) is 0. The molecule has 0 radical (unpaired) electrons. The lowest BCUT2D eigenvalue weighted by Crippen LogP contribution is -2.70. The second kappa shape index (κ2) is 6.43. The number of likely N-dealkylation sites (tertiary alicyclic amines) is 1. The minimum Gasteiger partial charge on any atom is -0.593 e. The molecule has 3 heterocycles. The monoisotopic (exact) mass is 389 g/mol. The van der Waals surface area contributed by atoms with E-state index in [-0.39, 0.29) is 5.56 Å². The highest BCUT2D eigenvalue weighted by atomic mass is 32.2. The molecule has 2 spiro atoms. The van der Waals surface area contributed by atoms with Crippen LogP contribution >= 0.6 is 0 Å². The summed E-state index contributed by atoms with van der Waals surface area (Å²) in [6.45, 7) is 5.83. The van der Waals surface area contributed by atoms with E-state index in [0.29, 0.717) is 15.7 Å². The Hall–Kier alpha value is -1.17. The SMILES string of the molecule is N#Cc1cc(F)cc([S+]([O-])N2CCC3(CC2)CC(N2CC4(COC4)C2)C3)c1. The van der Waals surface area contributed by atoms with Gasteiger partial charge in [0, 0.05) is 49.8 Å². The van der Waals surface area contributed by atoms with Crippen molar-refractivity contribution in [3.05, 3.63) is 29.6 Å². The van der Waals surface area contributed by atoms with Crippen LogP contribution in [0.1, 0.15) is 31.2 Å². The molecule has 5 nitrogen and oxygen atoms in total. The van der Waals surface area contributed by atoms with Gasteiger partial charge in [0.25, 0.3) is 0 Å². The highest BCUT2D eigenvalue weighted by molar-refractivity contribution is 7.89. The average Bonchev–Trinajstić information content (AvgIpc) is 2.57. The third kappa shape index (κ3) is 3.08. The van der Waals surface area contributed by atoms with Crippen molar-refractivity contribution < 1.29 is 13.7 Å². The Labute approximate surface area is 162 Å². The summed E-state index contributed by atoms with van der Waals surface area (Å²) < 4.78 is 33.8. The fourth-order valence-corrected chi connectivity index (χ4v) is 6.51. The first-order valence-electron chi connectivity index (χ1n) is 9.69. The highest BCUT2D eigenvalue weighted by Gasteiger charge is 2.56. The molecule has 0 aromatic heterocycles. The van der Waals surface area contributed by atoms with E-state index >= 15 is 0 Å². The minimum atomic E-state index is -1.40. The zero-order chi connectivity index (χ0) is 18.6. The number of ether oxygens (including phenoxy) is 1. The van der Waals surface area contributed by atoms with E-state index in [2.05, 4.69) is 4.90 Å². The Morgan fingerprint density at radius 1 is 1.15 bits per heavy atom. The van der Waals surface area contributed by atoms with Gasteiger partial charge in [-0.2, -0.15) is 5.26 Å². The molecule has 0 N–H and O–H groups in total. The lowest BCUT2D eigenvalue weighted by Gasteiger charge is -2.63. The summed E-state index contributed by atoms with van der Waals surface area (Å²) in [5.74, 6) is -0.503. The number of nitriles is 1. The van der Waals surface area contributed by atoms with E-state index in [9.17, 15) is 8.94 Å². The Bertz CT molecular complexity index is 770. The van der Waals surface area contributed by atoms with E-state index in [1.807, 2.05) is 10.4 Å². The first-order valence-corrected chi connectivity index (χ1v) is 10.8. The Morgan fingerprint density at radius 2 is 1.85 bits per heavy atom. The van der Waals surface area contributed by atoms with Crippen LogP contribution in [0.25, 0.3) is 0 Å². The fourth-order valence-electron chi connectivity index (χ4n) is 5.26. The van der Waals surface area contributed by atoms with Crippen molar-refractivity contribution in [2.24, 2.45) is 10.8 Å². The zero-order valence-corrected chi connectivity index (χ0v) is 16.1. The molecule has 0 bridgehead atoms. The molecule has 7 heteroatoms. The molecule has 1 unspecified atom stereocenters. The highest BCUT2D eigenvalue weighted by Crippen LogP contribution is 2.54. The van der Waals surface area contributed by atoms with Gasteiger partial charge in [0.05, 0.1) is 36.2 Å². The second-order valence-electron chi connectivity index (χ2n) is 8.93. The van der Waals surface area contributed by atoms with E-state index < -0.39 is 17.2 Å². The van der Waals surface area contributed by atoms with Crippen molar-refractivity contribution in [2.45, 2.75) is 36.6 Å². The van der Waals surface area contributed by atoms with Gasteiger partial charge in [-0.25, -0.2) is 4.39 Å². The molecule has 3 aliphatic heterocycles. The van der Waals surface area contributed by atoms with Crippen LogP contribution in [0.3, 0.4) is 0 Å². The largest absolute Gasteiger partial charge is 0.593 e. The summed E-state index contributed by atoms with van der Waals surface area (Å²) in [4.78, 5) is 3.01. The summed E-state index contributed by atoms with van der Waals surface area (Å²) in [5, 5.41) is 8.99. The Balaban J connectivity index is 1.14. The van der Waals surface area contributed by atoms with Crippen LogP contribution in [-0.4, -0.2) is 59.2 Å². The maximum Gasteiger partial charge on any atom is 0.178 e. The molecular weight excluding hydrogens is 365 g/mol. The molecule has 1 atom stereocenters. The molecule has 1 aliphatic carbocycles. The number of nitrogens with zero attached hydrogens (tertiary/aromatic N) is 3. The van der Waals surface area contributed by atoms with Crippen LogP contribution in [0.5, 0.6) is 0 Å². The van der Waals surface area contributed by atoms with Gasteiger partial charge in [0.1, 0.15) is 5.82 Å². The number of piperidine rings is 1. The summed E-state index contributed by atoms with van der Waals surface area (Å²) in [5.41, 5.74) is 1.11. The summed E-state index contributed by atoms with van der Waals surface area (Å²) in [7, 11) is 0. The number of hydrogen-bond acceptors (Lipinski definition) is 5. The van der Waals surface area contributed by atoms with Crippen LogP contribution in [-0.2, 0) is 16.1 Å². The molecular formula is C20H24FN3O2S. The van der Waals surface area contributed by atoms with Crippen molar-refractivity contribution >= 4 is 11.4 Å². The molecule has 4 aliphatic rings. The predicted molar refractivity (Wildman–Crippen MR) is 98.6 cm³/mol. The van der Waals surface area contributed by atoms with E-state index in [4.69, 9.17) is 10.00 Å². The van der Waals surface area contributed by atoms with Gasteiger partial charge in [-0.1, -0.05) is 0 Å². The lowest BCUT2D eigenvalue weighted by molar-refractivity contribution is -0.215. The number of rotatable bonds is 3. The summed E-state index contributed by atoms with van der Waals surface area (Å²) in [6.07, 6.45) is 4.61. The fraction of sp³-hybridized carbons (Fsp3) is 0.650. The van der Waals surface area contributed by atoms with Crippen molar-refractivity contribution in [1.82, 2.24) is 9.21 Å². The summed E-state index contributed by atoms with van der Waals surface area (Å²) in [6, 6.07) is 6.64. The summed E-state index contributed by atoms with van der Waals surface area (Å²) >= 11 is -1.40. The maximum atomic E-state index is 13.7. The molecule has 27 heavy (non-hydrogen) atoms. The lowest BCUT2D eigenvalue weighted by atomic mass is 9.59. The molecule has 3 saturated heterocycles. The van der Waals surface area contributed by atoms with Crippen LogP contribution < -0.4 is 0 Å². The number of halogens is 1. The van der Waals surface area contributed by atoms with Gasteiger partial charge in [0.2, 0.25) is 0 Å². The van der Waals surface area contributed by atoms with Crippen LogP contribution in [0.4, 0.5) is 4.39 Å². The van der Waals surface area contributed by atoms with Crippen LogP contribution in [0, 0.1) is 28.0 Å². The zero-order valence-electron chi connectivity index (χ0n) is 15.3. The molecule has 144 valence electrons. The van der Waals surface area contributed by atoms with E-state index in [1.54, 1.807) is 0 Å². The van der Waals surface area contributed by atoms with Gasteiger partial charge < -0.3 is 9.29 Å². The smallest absolute Gasteiger partial charge is 0.178 e. The third-order valence-corrected chi connectivity index (χ3v) is 8.44. The Morgan fingerprint density at radius 3 is 2.44 bits per heavy atom. The normalized spacial score (nSPS) is 28.2.